The Morgan fingerprint density at radius 1 is 1.43 bits per heavy atom. The molecule has 6 heteroatoms. The van der Waals surface area contributed by atoms with Gasteiger partial charge in [0.05, 0.1) is 11.6 Å². The summed E-state index contributed by atoms with van der Waals surface area (Å²) in [5.41, 5.74) is 1.56. The van der Waals surface area contributed by atoms with Crippen LogP contribution in [0.15, 0.2) is 24.3 Å². The van der Waals surface area contributed by atoms with Gasteiger partial charge in [0.1, 0.15) is 6.04 Å². The molecule has 0 saturated carbocycles. The number of nitrogens with one attached hydrogen (secondary N) is 2. The van der Waals surface area contributed by atoms with Crippen LogP contribution in [0.5, 0.6) is 0 Å². The van der Waals surface area contributed by atoms with Crippen LogP contribution in [0.2, 0.25) is 0 Å². The fraction of sp³-hybridized carbons (Fsp3) is 0.400. The first-order chi connectivity index (χ1) is 10.1. The summed E-state index contributed by atoms with van der Waals surface area (Å²) >= 11 is 0. The van der Waals surface area contributed by atoms with Gasteiger partial charge in [0, 0.05) is 19.6 Å². The lowest BCUT2D eigenvalue weighted by Crippen LogP contribution is -2.45. The summed E-state index contributed by atoms with van der Waals surface area (Å²) in [4.78, 5) is 25.3. The fourth-order valence-electron chi connectivity index (χ4n) is 2.27. The molecule has 0 aromatic heterocycles. The van der Waals surface area contributed by atoms with Gasteiger partial charge in [-0.3, -0.25) is 4.79 Å². The van der Waals surface area contributed by atoms with Crippen molar-refractivity contribution in [2.45, 2.75) is 25.9 Å². The first-order valence-corrected chi connectivity index (χ1v) is 6.96. The third kappa shape index (κ3) is 3.72. The number of benzene rings is 1. The Kier molecular flexibility index (Phi) is 4.77. The van der Waals surface area contributed by atoms with E-state index in [9.17, 15) is 9.59 Å². The van der Waals surface area contributed by atoms with Gasteiger partial charge in [0.25, 0.3) is 0 Å². The largest absolute Gasteiger partial charge is 0.337 e. The van der Waals surface area contributed by atoms with Crippen molar-refractivity contribution in [2.75, 3.05) is 13.1 Å². The minimum atomic E-state index is -0.498. The zero-order chi connectivity index (χ0) is 15.2. The molecule has 0 radical (unpaired) electrons. The normalized spacial score (nSPS) is 16.8. The van der Waals surface area contributed by atoms with Crippen LogP contribution in [-0.4, -0.2) is 36.0 Å². The number of nitrogens with zero attached hydrogens (tertiary/aromatic N) is 2. The Hall–Kier alpha value is -2.55. The van der Waals surface area contributed by atoms with E-state index in [1.165, 1.54) is 0 Å². The maximum absolute atomic E-state index is 12.4. The van der Waals surface area contributed by atoms with E-state index in [0.29, 0.717) is 25.2 Å². The topological polar surface area (TPSA) is 85.2 Å². The Balaban J connectivity index is 2.05. The van der Waals surface area contributed by atoms with Gasteiger partial charge >= 0.3 is 6.03 Å². The molecule has 0 aliphatic carbocycles. The Labute approximate surface area is 123 Å². The van der Waals surface area contributed by atoms with Crippen molar-refractivity contribution in [1.29, 1.82) is 5.26 Å². The van der Waals surface area contributed by atoms with Crippen LogP contribution in [0.25, 0.3) is 0 Å². The number of carbonyl (C=O) groups is 2. The molecule has 1 heterocycles. The van der Waals surface area contributed by atoms with Crippen molar-refractivity contribution in [3.63, 3.8) is 0 Å². The molecule has 6 nitrogen and oxygen atoms in total. The third-order valence-corrected chi connectivity index (χ3v) is 3.33. The highest BCUT2D eigenvalue weighted by atomic mass is 16.2. The molecule has 1 aliphatic heterocycles. The molecule has 110 valence electrons. The summed E-state index contributed by atoms with van der Waals surface area (Å²) in [7, 11) is 0. The van der Waals surface area contributed by atoms with Crippen LogP contribution in [0.4, 0.5) is 4.79 Å². The molecule has 21 heavy (non-hydrogen) atoms. The van der Waals surface area contributed by atoms with E-state index < -0.39 is 6.04 Å². The van der Waals surface area contributed by atoms with Gasteiger partial charge in [-0.25, -0.2) is 4.79 Å². The smallest absolute Gasteiger partial charge is 0.315 e. The summed E-state index contributed by atoms with van der Waals surface area (Å²) < 4.78 is 0. The van der Waals surface area contributed by atoms with Crippen LogP contribution in [0, 0.1) is 11.3 Å². The van der Waals surface area contributed by atoms with Crippen molar-refractivity contribution in [3.05, 3.63) is 35.4 Å². The van der Waals surface area contributed by atoms with Crippen molar-refractivity contribution in [2.24, 2.45) is 0 Å². The van der Waals surface area contributed by atoms with E-state index in [0.717, 1.165) is 12.0 Å². The Morgan fingerprint density at radius 3 is 2.67 bits per heavy atom. The quantitative estimate of drug-likeness (QED) is 0.846. The maximum Gasteiger partial charge on any atom is 0.315 e. The molecule has 2 rings (SSSR count). The lowest BCUT2D eigenvalue weighted by molar-refractivity contribution is -0.133. The maximum atomic E-state index is 12.4. The standard InChI is InChI=1S/C15H18N4O2/c1-2-7-19(14(20)13-9-17-15(21)18-13)10-12-5-3-11(8-16)4-6-12/h3-6,13H,2,7,9-10H2,1H3,(H2,17,18,21)/t13-/m1/s1. The van der Waals surface area contributed by atoms with Gasteiger partial charge in [-0.15, -0.1) is 0 Å². The van der Waals surface area contributed by atoms with Crippen molar-refractivity contribution in [1.82, 2.24) is 15.5 Å². The summed E-state index contributed by atoms with van der Waals surface area (Å²) in [6.07, 6.45) is 0.843. The molecule has 1 aliphatic rings. The summed E-state index contributed by atoms with van der Waals surface area (Å²) in [5, 5.41) is 14.0. The second-order valence-electron chi connectivity index (χ2n) is 4.98. The van der Waals surface area contributed by atoms with Crippen molar-refractivity contribution >= 4 is 11.9 Å². The molecule has 0 spiro atoms. The first kappa shape index (κ1) is 14.9. The molecule has 1 aromatic carbocycles. The monoisotopic (exact) mass is 286 g/mol. The average Bonchev–Trinajstić information content (AvgIpc) is 2.93. The number of hydrogen-bond donors (Lipinski definition) is 2. The minimum Gasteiger partial charge on any atom is -0.337 e. The number of rotatable bonds is 5. The SMILES string of the molecule is CCCN(Cc1ccc(C#N)cc1)C(=O)[C@H]1CNC(=O)N1. The molecule has 1 saturated heterocycles. The highest BCUT2D eigenvalue weighted by Gasteiger charge is 2.30. The molecule has 1 aromatic rings. The van der Waals surface area contributed by atoms with E-state index in [4.69, 9.17) is 5.26 Å². The second kappa shape index (κ2) is 6.75. The van der Waals surface area contributed by atoms with Gasteiger partial charge in [-0.2, -0.15) is 5.26 Å². The number of hydrogen-bond acceptors (Lipinski definition) is 3. The van der Waals surface area contributed by atoms with Crippen LogP contribution in [0.3, 0.4) is 0 Å². The van der Waals surface area contributed by atoms with E-state index in [2.05, 4.69) is 16.7 Å². The molecule has 0 bridgehead atoms. The zero-order valence-electron chi connectivity index (χ0n) is 11.9. The first-order valence-electron chi connectivity index (χ1n) is 6.96. The molecular formula is C15H18N4O2. The Bertz CT molecular complexity index is 562. The van der Waals surface area contributed by atoms with Gasteiger partial charge in [0.15, 0.2) is 0 Å². The van der Waals surface area contributed by atoms with Gasteiger partial charge in [-0.1, -0.05) is 19.1 Å². The Morgan fingerprint density at radius 2 is 2.14 bits per heavy atom. The predicted octanol–water partition coefficient (Wildman–Crippen LogP) is 0.978. The molecule has 2 N–H and O–H groups in total. The second-order valence-corrected chi connectivity index (χ2v) is 4.98. The highest BCUT2D eigenvalue weighted by Crippen LogP contribution is 2.10. The summed E-state index contributed by atoms with van der Waals surface area (Å²) in [6, 6.07) is 8.44. The van der Waals surface area contributed by atoms with E-state index in [1.807, 2.05) is 19.1 Å². The third-order valence-electron chi connectivity index (χ3n) is 3.33. The van der Waals surface area contributed by atoms with E-state index >= 15 is 0 Å². The molecule has 1 atom stereocenters. The molecule has 1 fully saturated rings. The van der Waals surface area contributed by atoms with Crippen LogP contribution < -0.4 is 10.6 Å². The zero-order valence-corrected chi connectivity index (χ0v) is 11.9. The lowest BCUT2D eigenvalue weighted by atomic mass is 10.1. The number of amides is 3. The van der Waals surface area contributed by atoms with Gasteiger partial charge in [-0.05, 0) is 24.1 Å². The summed E-state index contributed by atoms with van der Waals surface area (Å²) in [6.45, 7) is 3.44. The predicted molar refractivity (Wildman–Crippen MR) is 77.2 cm³/mol. The van der Waals surface area contributed by atoms with E-state index in [1.54, 1.807) is 17.0 Å². The summed E-state index contributed by atoms with van der Waals surface area (Å²) in [5.74, 6) is -0.0837. The molecule has 3 amide bonds. The fourth-order valence-corrected chi connectivity index (χ4v) is 2.27. The molecule has 0 unspecified atom stereocenters. The van der Waals surface area contributed by atoms with Crippen LogP contribution in [-0.2, 0) is 11.3 Å². The highest BCUT2D eigenvalue weighted by molar-refractivity contribution is 5.90. The van der Waals surface area contributed by atoms with Crippen LogP contribution >= 0.6 is 0 Å². The van der Waals surface area contributed by atoms with Crippen molar-refractivity contribution in [3.8, 4) is 6.07 Å². The average molecular weight is 286 g/mol. The number of carbonyl (C=O) groups excluding carboxylic acids is 2. The van der Waals surface area contributed by atoms with Gasteiger partial charge in [0.2, 0.25) is 5.91 Å². The van der Waals surface area contributed by atoms with Crippen molar-refractivity contribution < 1.29 is 9.59 Å². The molecular weight excluding hydrogens is 268 g/mol. The number of nitriles is 1. The van der Waals surface area contributed by atoms with Gasteiger partial charge < -0.3 is 15.5 Å². The lowest BCUT2D eigenvalue weighted by Gasteiger charge is -2.25. The number of urea groups is 1. The van der Waals surface area contributed by atoms with Crippen LogP contribution in [0.1, 0.15) is 24.5 Å². The minimum absolute atomic E-state index is 0.0837. The van der Waals surface area contributed by atoms with E-state index in [-0.39, 0.29) is 11.9 Å².